The quantitative estimate of drug-likeness (QED) is 0.631. The Morgan fingerprint density at radius 1 is 1.04 bits per heavy atom. The zero-order valence-corrected chi connectivity index (χ0v) is 15.4. The summed E-state index contributed by atoms with van der Waals surface area (Å²) in [6.45, 7) is 0.676. The van der Waals surface area contributed by atoms with Crippen molar-refractivity contribution in [3.8, 4) is 11.5 Å². The fourth-order valence-electron chi connectivity index (χ4n) is 2.19. The Morgan fingerprint density at radius 2 is 1.72 bits per heavy atom. The van der Waals surface area contributed by atoms with Gasteiger partial charge < -0.3 is 14.5 Å². The second kappa shape index (κ2) is 7.19. The minimum absolute atomic E-state index is 0.241. The Bertz CT molecular complexity index is 842. The van der Waals surface area contributed by atoms with Crippen LogP contribution in [0.2, 0.25) is 10.3 Å². The maximum atomic E-state index is 5.81. The molecule has 130 valence electrons. The van der Waals surface area contributed by atoms with Crippen LogP contribution in [0.15, 0.2) is 24.3 Å². The normalized spacial score (nSPS) is 13.8. The fraction of sp³-hybridized carbons (Fsp3) is 0.312. The molecule has 1 N–H and O–H groups in total. The Labute approximate surface area is 158 Å². The van der Waals surface area contributed by atoms with Gasteiger partial charge >= 0.3 is 0 Å². The summed E-state index contributed by atoms with van der Waals surface area (Å²) < 4.78 is 11.4. The minimum atomic E-state index is 0.241. The molecule has 0 aliphatic heterocycles. The van der Waals surface area contributed by atoms with Crippen LogP contribution in [0.25, 0.3) is 0 Å². The van der Waals surface area contributed by atoms with E-state index in [1.54, 1.807) is 11.3 Å². The van der Waals surface area contributed by atoms with E-state index in [2.05, 4.69) is 20.2 Å². The van der Waals surface area contributed by atoms with E-state index < -0.39 is 0 Å². The first-order chi connectivity index (χ1) is 12.2. The highest BCUT2D eigenvalue weighted by Crippen LogP contribution is 2.41. The Hall–Kier alpha value is -1.83. The molecule has 1 aliphatic carbocycles. The summed E-state index contributed by atoms with van der Waals surface area (Å²) in [5, 5.41) is 10.9. The molecule has 6 nitrogen and oxygen atoms in total. The summed E-state index contributed by atoms with van der Waals surface area (Å²) in [7, 11) is 0. The average molecular weight is 397 g/mol. The predicted molar refractivity (Wildman–Crippen MR) is 95.6 cm³/mol. The minimum Gasteiger partial charge on any atom is -0.486 e. The largest absolute Gasteiger partial charge is 0.486 e. The first-order valence-electron chi connectivity index (χ1n) is 7.75. The van der Waals surface area contributed by atoms with Gasteiger partial charge in [0.1, 0.15) is 40.7 Å². The summed E-state index contributed by atoms with van der Waals surface area (Å²) in [5.41, 5.74) is 0. The van der Waals surface area contributed by atoms with E-state index in [-0.39, 0.29) is 11.8 Å². The number of aromatic amines is 1. The van der Waals surface area contributed by atoms with E-state index >= 15 is 0 Å². The number of benzene rings is 1. The van der Waals surface area contributed by atoms with Crippen LogP contribution in [0.3, 0.4) is 0 Å². The van der Waals surface area contributed by atoms with E-state index in [0.29, 0.717) is 29.3 Å². The van der Waals surface area contributed by atoms with Crippen LogP contribution in [0.1, 0.15) is 34.6 Å². The van der Waals surface area contributed by atoms with Gasteiger partial charge in [0.2, 0.25) is 0 Å². The predicted octanol–water partition coefficient (Wildman–Crippen LogP) is 4.60. The van der Waals surface area contributed by atoms with Gasteiger partial charge in [-0.15, -0.1) is 10.2 Å². The molecule has 2 heterocycles. The van der Waals surface area contributed by atoms with Crippen molar-refractivity contribution in [1.29, 1.82) is 0 Å². The monoisotopic (exact) mass is 396 g/mol. The number of rotatable bonds is 7. The molecular weight excluding hydrogens is 383 g/mol. The fourth-order valence-corrected chi connectivity index (χ4v) is 3.42. The average Bonchev–Trinajstić information content (AvgIpc) is 3.28. The number of nitrogens with zero attached hydrogens (tertiary/aromatic N) is 3. The molecule has 1 aliphatic rings. The van der Waals surface area contributed by atoms with Crippen LogP contribution < -0.4 is 9.47 Å². The van der Waals surface area contributed by atoms with Crippen LogP contribution in [0.4, 0.5) is 0 Å². The van der Waals surface area contributed by atoms with Crippen molar-refractivity contribution in [2.24, 2.45) is 0 Å². The number of aromatic nitrogens is 4. The lowest BCUT2D eigenvalue weighted by atomic mass is 10.3. The molecule has 4 rings (SSSR count). The summed E-state index contributed by atoms with van der Waals surface area (Å²) in [6, 6.07) is 7.36. The van der Waals surface area contributed by atoms with Gasteiger partial charge in [-0.1, -0.05) is 34.5 Å². The van der Waals surface area contributed by atoms with E-state index in [0.717, 1.165) is 15.8 Å². The highest BCUT2D eigenvalue weighted by atomic mass is 35.5. The molecule has 0 atom stereocenters. The molecule has 25 heavy (non-hydrogen) atoms. The highest BCUT2D eigenvalue weighted by molar-refractivity contribution is 7.11. The molecule has 3 aromatic rings. The summed E-state index contributed by atoms with van der Waals surface area (Å²) in [4.78, 5) is 6.88. The molecule has 0 radical (unpaired) electrons. The van der Waals surface area contributed by atoms with Crippen LogP contribution in [0.5, 0.6) is 11.5 Å². The van der Waals surface area contributed by atoms with Gasteiger partial charge in [0, 0.05) is 5.92 Å². The van der Waals surface area contributed by atoms with Gasteiger partial charge in [0.15, 0.2) is 10.2 Å². The van der Waals surface area contributed by atoms with Crippen molar-refractivity contribution in [3.63, 3.8) is 0 Å². The number of halogens is 2. The number of ether oxygens (including phenoxy) is 2. The van der Waals surface area contributed by atoms with E-state index in [4.69, 9.17) is 32.7 Å². The third-order valence-corrected chi connectivity index (χ3v) is 5.34. The summed E-state index contributed by atoms with van der Waals surface area (Å²) >= 11 is 13.2. The maximum Gasteiger partial charge on any atom is 0.166 e. The molecule has 0 amide bonds. The van der Waals surface area contributed by atoms with Crippen LogP contribution >= 0.6 is 34.5 Å². The first-order valence-corrected chi connectivity index (χ1v) is 9.32. The Kier molecular flexibility index (Phi) is 4.78. The molecule has 0 unspecified atom stereocenters. The Morgan fingerprint density at radius 3 is 2.32 bits per heavy atom. The number of hydrogen-bond donors (Lipinski definition) is 1. The second-order valence-electron chi connectivity index (χ2n) is 5.65. The van der Waals surface area contributed by atoms with Crippen molar-refractivity contribution in [3.05, 3.63) is 50.4 Å². The van der Waals surface area contributed by atoms with Crippen LogP contribution in [-0.4, -0.2) is 20.2 Å². The third kappa shape index (κ3) is 4.23. The Balaban J connectivity index is 1.28. The van der Waals surface area contributed by atoms with Crippen LogP contribution in [0, 0.1) is 0 Å². The van der Waals surface area contributed by atoms with Crippen LogP contribution in [-0.2, 0) is 13.2 Å². The lowest BCUT2D eigenvalue weighted by Gasteiger charge is -2.06. The molecular formula is C16H14Cl2N4O2S. The standard InChI is InChI=1S/C16H14Cl2N4O2S/c17-14-15(18)20-12(19-14)7-23-10-3-5-11(6-4-10)24-8-13-21-22-16(25-13)9-1-2-9/h3-6,9H,1-2,7-8H2,(H,19,20). The molecule has 2 aromatic heterocycles. The van der Waals surface area contributed by atoms with Crippen molar-refractivity contribution in [1.82, 2.24) is 20.2 Å². The smallest absolute Gasteiger partial charge is 0.166 e. The topological polar surface area (TPSA) is 72.9 Å². The lowest BCUT2D eigenvalue weighted by Crippen LogP contribution is -1.98. The summed E-state index contributed by atoms with van der Waals surface area (Å²) in [6.07, 6.45) is 2.46. The van der Waals surface area contributed by atoms with Crippen molar-refractivity contribution >= 4 is 34.5 Å². The molecule has 0 saturated heterocycles. The number of imidazole rings is 1. The zero-order chi connectivity index (χ0) is 17.2. The van der Waals surface area contributed by atoms with Gasteiger partial charge in [-0.3, -0.25) is 0 Å². The number of nitrogens with one attached hydrogen (secondary N) is 1. The van der Waals surface area contributed by atoms with Gasteiger partial charge in [0.25, 0.3) is 0 Å². The van der Waals surface area contributed by atoms with Gasteiger partial charge in [-0.25, -0.2) is 4.98 Å². The molecule has 0 bridgehead atoms. The molecule has 1 saturated carbocycles. The first kappa shape index (κ1) is 16.6. The van der Waals surface area contributed by atoms with Gasteiger partial charge in [0.05, 0.1) is 0 Å². The van der Waals surface area contributed by atoms with E-state index in [9.17, 15) is 0 Å². The van der Waals surface area contributed by atoms with E-state index in [1.165, 1.54) is 12.8 Å². The lowest BCUT2D eigenvalue weighted by molar-refractivity contribution is 0.291. The number of hydrogen-bond acceptors (Lipinski definition) is 6. The maximum absolute atomic E-state index is 5.81. The second-order valence-corrected chi connectivity index (χ2v) is 7.47. The van der Waals surface area contributed by atoms with Crippen molar-refractivity contribution in [2.45, 2.75) is 32.0 Å². The molecule has 9 heteroatoms. The summed E-state index contributed by atoms with van der Waals surface area (Å²) in [5.74, 6) is 2.64. The van der Waals surface area contributed by atoms with Crippen molar-refractivity contribution < 1.29 is 9.47 Å². The molecule has 1 fully saturated rings. The third-order valence-electron chi connectivity index (χ3n) is 3.64. The highest BCUT2D eigenvalue weighted by Gasteiger charge is 2.27. The SMILES string of the molecule is Clc1nc(COc2ccc(OCc3nnc(C4CC4)s3)cc2)[nH]c1Cl. The van der Waals surface area contributed by atoms with Crippen molar-refractivity contribution in [2.75, 3.05) is 0 Å². The van der Waals surface area contributed by atoms with Gasteiger partial charge in [-0.05, 0) is 37.1 Å². The van der Waals surface area contributed by atoms with E-state index in [1.807, 2.05) is 24.3 Å². The van der Waals surface area contributed by atoms with Gasteiger partial charge in [-0.2, -0.15) is 0 Å². The number of H-pyrrole nitrogens is 1. The molecule has 1 aromatic carbocycles. The zero-order valence-electron chi connectivity index (χ0n) is 13.0. The molecule has 0 spiro atoms.